The Hall–Kier alpha value is -1.53. The van der Waals surface area contributed by atoms with Gasteiger partial charge in [-0.2, -0.15) is 5.10 Å². The number of hydrogen-bond acceptors (Lipinski definition) is 3. The van der Waals surface area contributed by atoms with Gasteiger partial charge in [-0.3, -0.25) is 9.40 Å². The average molecular weight is 300 g/mol. The molecule has 0 saturated carbocycles. The highest BCUT2D eigenvalue weighted by Crippen LogP contribution is 2.14. The highest BCUT2D eigenvalue weighted by molar-refractivity contribution is 7.92. The van der Waals surface area contributed by atoms with E-state index in [0.29, 0.717) is 17.3 Å². The molecule has 0 unspecified atom stereocenters. The van der Waals surface area contributed by atoms with Crippen LogP contribution in [0.3, 0.4) is 0 Å². The Bertz CT molecular complexity index is 667. The molecule has 102 valence electrons. The molecule has 1 aromatic carbocycles. The molecule has 1 aromatic heterocycles. The van der Waals surface area contributed by atoms with Crippen LogP contribution >= 0.6 is 11.6 Å². The van der Waals surface area contributed by atoms with Crippen LogP contribution in [0.4, 0.5) is 5.69 Å². The normalized spacial score (nSPS) is 11.5. The maximum atomic E-state index is 11.5. The number of sulfonamides is 1. The summed E-state index contributed by atoms with van der Waals surface area (Å²) >= 11 is 5.79. The maximum absolute atomic E-state index is 11.5. The van der Waals surface area contributed by atoms with Crippen LogP contribution in [0.5, 0.6) is 0 Å². The summed E-state index contributed by atoms with van der Waals surface area (Å²) in [6, 6.07) is 7.20. The van der Waals surface area contributed by atoms with E-state index >= 15 is 0 Å². The number of nitrogens with zero attached hydrogens (tertiary/aromatic N) is 2. The Kier molecular flexibility index (Phi) is 4.11. The van der Waals surface area contributed by atoms with Gasteiger partial charge in [-0.25, -0.2) is 8.42 Å². The Labute approximate surface area is 117 Å². The fourth-order valence-electron chi connectivity index (χ4n) is 1.60. The molecule has 19 heavy (non-hydrogen) atoms. The molecule has 1 N–H and O–H groups in total. The molecule has 2 rings (SSSR count). The van der Waals surface area contributed by atoms with E-state index in [1.807, 2.05) is 6.07 Å². The summed E-state index contributed by atoms with van der Waals surface area (Å²) in [6.45, 7) is 2.13. The third kappa shape index (κ3) is 3.97. The van der Waals surface area contributed by atoms with Crippen LogP contribution in [0.25, 0.3) is 0 Å². The lowest BCUT2D eigenvalue weighted by Gasteiger charge is -2.08. The fourth-order valence-corrected chi connectivity index (χ4v) is 2.38. The third-order valence-corrected chi connectivity index (χ3v) is 4.03. The average Bonchev–Trinajstić information content (AvgIpc) is 2.75. The van der Waals surface area contributed by atoms with E-state index < -0.39 is 10.0 Å². The van der Waals surface area contributed by atoms with Crippen LogP contribution in [0.15, 0.2) is 36.7 Å². The molecule has 0 aliphatic rings. The van der Waals surface area contributed by atoms with E-state index in [-0.39, 0.29) is 5.75 Å². The standard InChI is InChI=1S/C12H14ClN3O2S/c1-2-19(17,18)15-12-5-3-4-10(6-12)8-16-9-11(13)7-14-16/h3-7,9,15H,2,8H2,1H3. The number of anilines is 1. The van der Waals surface area contributed by atoms with Crippen molar-refractivity contribution in [3.05, 3.63) is 47.2 Å². The quantitative estimate of drug-likeness (QED) is 0.921. The first kappa shape index (κ1) is 13.9. The highest BCUT2D eigenvalue weighted by atomic mass is 35.5. The first-order valence-corrected chi connectivity index (χ1v) is 7.79. The summed E-state index contributed by atoms with van der Waals surface area (Å²) in [6.07, 6.45) is 3.27. The molecule has 0 bridgehead atoms. The van der Waals surface area contributed by atoms with Crippen molar-refractivity contribution >= 4 is 27.3 Å². The summed E-state index contributed by atoms with van der Waals surface area (Å²) in [5, 5.41) is 4.65. The monoisotopic (exact) mass is 299 g/mol. The zero-order chi connectivity index (χ0) is 13.9. The molecule has 1 heterocycles. The van der Waals surface area contributed by atoms with E-state index in [9.17, 15) is 8.42 Å². The molecule has 2 aromatic rings. The minimum atomic E-state index is -3.25. The molecule has 7 heteroatoms. The fraction of sp³-hybridized carbons (Fsp3) is 0.250. The number of rotatable bonds is 5. The van der Waals surface area contributed by atoms with Crippen LogP contribution in [0, 0.1) is 0 Å². The molecule has 0 aliphatic heterocycles. The van der Waals surface area contributed by atoms with E-state index in [1.165, 1.54) is 0 Å². The number of aromatic nitrogens is 2. The predicted octanol–water partition coefficient (Wildman–Crippen LogP) is 2.35. The molecular formula is C12H14ClN3O2S. The summed E-state index contributed by atoms with van der Waals surface area (Å²) in [7, 11) is -3.25. The molecule has 0 amide bonds. The van der Waals surface area contributed by atoms with Gasteiger partial charge >= 0.3 is 0 Å². The van der Waals surface area contributed by atoms with Gasteiger partial charge in [0.15, 0.2) is 0 Å². The van der Waals surface area contributed by atoms with E-state index in [4.69, 9.17) is 11.6 Å². The van der Waals surface area contributed by atoms with Crippen LogP contribution in [-0.4, -0.2) is 24.0 Å². The van der Waals surface area contributed by atoms with Crippen LogP contribution in [0.1, 0.15) is 12.5 Å². The number of hydrogen-bond donors (Lipinski definition) is 1. The second-order valence-corrected chi connectivity index (χ2v) is 6.51. The first-order chi connectivity index (χ1) is 8.98. The second-order valence-electron chi connectivity index (χ2n) is 4.06. The molecule has 0 saturated heterocycles. The Balaban J connectivity index is 2.15. The molecule has 0 fully saturated rings. The lowest BCUT2D eigenvalue weighted by Crippen LogP contribution is -2.14. The van der Waals surface area contributed by atoms with Gasteiger partial charge in [0.2, 0.25) is 10.0 Å². The second kappa shape index (κ2) is 5.63. The molecule has 0 radical (unpaired) electrons. The minimum absolute atomic E-state index is 0.0476. The number of nitrogens with one attached hydrogen (secondary N) is 1. The van der Waals surface area contributed by atoms with Crippen LogP contribution in [-0.2, 0) is 16.6 Å². The van der Waals surface area contributed by atoms with Crippen molar-refractivity contribution in [3.8, 4) is 0 Å². The van der Waals surface area contributed by atoms with Crippen molar-refractivity contribution in [1.29, 1.82) is 0 Å². The summed E-state index contributed by atoms with van der Waals surface area (Å²) in [5.41, 5.74) is 1.49. The minimum Gasteiger partial charge on any atom is -0.284 e. The van der Waals surface area contributed by atoms with Gasteiger partial charge < -0.3 is 0 Å². The van der Waals surface area contributed by atoms with E-state index in [2.05, 4.69) is 9.82 Å². The lowest BCUT2D eigenvalue weighted by atomic mass is 10.2. The smallest absolute Gasteiger partial charge is 0.232 e. The Morgan fingerprint density at radius 3 is 2.84 bits per heavy atom. The van der Waals surface area contributed by atoms with Gasteiger partial charge in [0.05, 0.1) is 23.5 Å². The molecule has 5 nitrogen and oxygen atoms in total. The van der Waals surface area contributed by atoms with Gasteiger partial charge in [0.1, 0.15) is 0 Å². The van der Waals surface area contributed by atoms with Crippen molar-refractivity contribution in [2.24, 2.45) is 0 Å². The van der Waals surface area contributed by atoms with Crippen LogP contribution < -0.4 is 4.72 Å². The Morgan fingerprint density at radius 2 is 2.21 bits per heavy atom. The van der Waals surface area contributed by atoms with Gasteiger partial charge in [-0.15, -0.1) is 0 Å². The van der Waals surface area contributed by atoms with Crippen molar-refractivity contribution < 1.29 is 8.42 Å². The number of benzene rings is 1. The van der Waals surface area contributed by atoms with Crippen molar-refractivity contribution in [3.63, 3.8) is 0 Å². The Morgan fingerprint density at radius 1 is 1.42 bits per heavy atom. The molecule has 0 atom stereocenters. The topological polar surface area (TPSA) is 64.0 Å². The highest BCUT2D eigenvalue weighted by Gasteiger charge is 2.07. The van der Waals surface area contributed by atoms with E-state index in [0.717, 1.165) is 5.56 Å². The van der Waals surface area contributed by atoms with Crippen molar-refractivity contribution in [1.82, 2.24) is 9.78 Å². The van der Waals surface area contributed by atoms with Gasteiger partial charge in [0, 0.05) is 11.9 Å². The van der Waals surface area contributed by atoms with E-state index in [1.54, 1.807) is 42.2 Å². The number of halogens is 1. The van der Waals surface area contributed by atoms with Crippen LogP contribution in [0.2, 0.25) is 5.02 Å². The third-order valence-electron chi connectivity index (χ3n) is 2.53. The zero-order valence-corrected chi connectivity index (χ0v) is 11.9. The zero-order valence-electron chi connectivity index (χ0n) is 10.4. The molecular weight excluding hydrogens is 286 g/mol. The summed E-state index contributed by atoms with van der Waals surface area (Å²) < 4.78 is 27.2. The summed E-state index contributed by atoms with van der Waals surface area (Å²) in [5.74, 6) is 0.0476. The van der Waals surface area contributed by atoms with Gasteiger partial charge in [-0.1, -0.05) is 23.7 Å². The largest absolute Gasteiger partial charge is 0.284 e. The summed E-state index contributed by atoms with van der Waals surface area (Å²) in [4.78, 5) is 0. The van der Waals surface area contributed by atoms with Gasteiger partial charge in [0.25, 0.3) is 0 Å². The van der Waals surface area contributed by atoms with Gasteiger partial charge in [-0.05, 0) is 24.6 Å². The van der Waals surface area contributed by atoms with Crippen molar-refractivity contribution in [2.45, 2.75) is 13.5 Å². The molecule has 0 spiro atoms. The molecule has 0 aliphatic carbocycles. The lowest BCUT2D eigenvalue weighted by molar-refractivity contribution is 0.602. The predicted molar refractivity (Wildman–Crippen MR) is 75.9 cm³/mol. The van der Waals surface area contributed by atoms with Crippen molar-refractivity contribution in [2.75, 3.05) is 10.5 Å². The maximum Gasteiger partial charge on any atom is 0.232 e. The SMILES string of the molecule is CCS(=O)(=O)Nc1cccc(Cn2cc(Cl)cn2)c1. The first-order valence-electron chi connectivity index (χ1n) is 5.76.